The Balaban J connectivity index is 2.09. The molecule has 1 aromatic carbocycles. The Morgan fingerprint density at radius 3 is 2.25 bits per heavy atom. The topological polar surface area (TPSA) is 23.4 Å². The van der Waals surface area contributed by atoms with Gasteiger partial charge in [-0.2, -0.15) is 0 Å². The zero-order valence-electron chi connectivity index (χ0n) is 12.5. The molecule has 20 heavy (non-hydrogen) atoms. The summed E-state index contributed by atoms with van der Waals surface area (Å²) in [5.74, 6) is 0. The van der Waals surface area contributed by atoms with Crippen LogP contribution in [0.3, 0.4) is 0 Å². The first-order valence-corrected chi connectivity index (χ1v) is 7.62. The summed E-state index contributed by atoms with van der Waals surface area (Å²) in [4.78, 5) is 0. The molecule has 2 heterocycles. The molecule has 1 aromatic heterocycles. The summed E-state index contributed by atoms with van der Waals surface area (Å²) < 4.78 is 15.5. The smallest absolute Gasteiger partial charge is 0.398 e. The molecule has 5 heteroatoms. The summed E-state index contributed by atoms with van der Waals surface area (Å²) in [6, 6.07) is 8.34. The molecule has 0 bridgehead atoms. The van der Waals surface area contributed by atoms with Gasteiger partial charge in [-0.05, 0) is 45.9 Å². The number of aromatic nitrogens is 1. The van der Waals surface area contributed by atoms with Crippen LogP contribution in [0.15, 0.2) is 28.7 Å². The standard InChI is InChI=1S/C15H19BBrNO2/c1-14(2)15(3,4)20-16(19-14)13-9-10-11(17)7-6-8-12(10)18(13)5/h6-9H,1-5H3. The maximum Gasteiger partial charge on any atom is 0.512 e. The third-order valence-corrected chi connectivity index (χ3v) is 5.26. The number of aryl methyl sites for hydroxylation is 1. The van der Waals surface area contributed by atoms with Gasteiger partial charge in [0.2, 0.25) is 0 Å². The highest BCUT2D eigenvalue weighted by Gasteiger charge is 2.52. The molecule has 0 saturated carbocycles. The predicted octanol–water partition coefficient (Wildman–Crippen LogP) is 3.24. The minimum atomic E-state index is -0.329. The van der Waals surface area contributed by atoms with E-state index in [1.165, 1.54) is 10.9 Å². The Hall–Kier alpha value is -0.775. The molecule has 0 atom stereocenters. The molecule has 0 N–H and O–H groups in total. The van der Waals surface area contributed by atoms with Gasteiger partial charge in [0.05, 0.1) is 11.2 Å². The van der Waals surface area contributed by atoms with E-state index in [1.54, 1.807) is 0 Å². The Labute approximate surface area is 128 Å². The van der Waals surface area contributed by atoms with Crippen molar-refractivity contribution in [3.63, 3.8) is 0 Å². The van der Waals surface area contributed by atoms with E-state index in [2.05, 4.69) is 73.4 Å². The molecule has 3 nitrogen and oxygen atoms in total. The fraction of sp³-hybridized carbons (Fsp3) is 0.467. The van der Waals surface area contributed by atoms with Crippen molar-refractivity contribution >= 4 is 39.5 Å². The zero-order valence-corrected chi connectivity index (χ0v) is 14.1. The van der Waals surface area contributed by atoms with Gasteiger partial charge in [0, 0.05) is 28.0 Å². The van der Waals surface area contributed by atoms with Crippen molar-refractivity contribution in [2.45, 2.75) is 38.9 Å². The normalized spacial score (nSPS) is 20.8. The molecule has 0 amide bonds. The van der Waals surface area contributed by atoms with Gasteiger partial charge in [-0.15, -0.1) is 0 Å². The van der Waals surface area contributed by atoms with Crippen molar-refractivity contribution in [1.29, 1.82) is 0 Å². The van der Waals surface area contributed by atoms with Crippen LogP contribution in [-0.4, -0.2) is 22.9 Å². The lowest BCUT2D eigenvalue weighted by Gasteiger charge is -2.32. The van der Waals surface area contributed by atoms with E-state index >= 15 is 0 Å². The Kier molecular flexibility index (Phi) is 3.09. The molecular weight excluding hydrogens is 317 g/mol. The Morgan fingerprint density at radius 2 is 1.70 bits per heavy atom. The van der Waals surface area contributed by atoms with Crippen LogP contribution >= 0.6 is 15.9 Å². The first kappa shape index (κ1) is 14.2. The molecule has 1 saturated heterocycles. The van der Waals surface area contributed by atoms with Crippen LogP contribution in [0.25, 0.3) is 10.9 Å². The average Bonchev–Trinajstić information content (AvgIpc) is 2.77. The average molecular weight is 336 g/mol. The van der Waals surface area contributed by atoms with Crippen LogP contribution < -0.4 is 5.59 Å². The number of hydrogen-bond acceptors (Lipinski definition) is 2. The molecule has 106 valence electrons. The molecule has 3 rings (SSSR count). The van der Waals surface area contributed by atoms with Gasteiger partial charge in [0.1, 0.15) is 0 Å². The summed E-state index contributed by atoms with van der Waals surface area (Å²) in [5.41, 5.74) is 1.59. The van der Waals surface area contributed by atoms with Gasteiger partial charge >= 0.3 is 7.12 Å². The van der Waals surface area contributed by atoms with Gasteiger partial charge in [-0.25, -0.2) is 0 Å². The van der Waals surface area contributed by atoms with Crippen LogP contribution in [0.4, 0.5) is 0 Å². The molecule has 0 aliphatic carbocycles. The first-order valence-electron chi connectivity index (χ1n) is 6.82. The third-order valence-electron chi connectivity index (χ3n) is 4.57. The van der Waals surface area contributed by atoms with E-state index in [0.29, 0.717) is 0 Å². The van der Waals surface area contributed by atoms with E-state index in [-0.39, 0.29) is 18.3 Å². The van der Waals surface area contributed by atoms with Crippen LogP contribution in [0, 0.1) is 0 Å². The van der Waals surface area contributed by atoms with Crippen molar-refractivity contribution < 1.29 is 9.31 Å². The number of rotatable bonds is 1. The highest BCUT2D eigenvalue weighted by atomic mass is 79.9. The highest BCUT2D eigenvalue weighted by molar-refractivity contribution is 9.10. The predicted molar refractivity (Wildman–Crippen MR) is 86.3 cm³/mol. The lowest BCUT2D eigenvalue weighted by atomic mass is 9.84. The summed E-state index contributed by atoms with van der Waals surface area (Å²) in [5, 5.41) is 1.18. The van der Waals surface area contributed by atoms with Gasteiger partial charge in [-0.1, -0.05) is 22.0 Å². The van der Waals surface area contributed by atoms with Gasteiger partial charge in [0.25, 0.3) is 0 Å². The number of hydrogen-bond donors (Lipinski definition) is 0. The van der Waals surface area contributed by atoms with Gasteiger partial charge in [-0.3, -0.25) is 0 Å². The van der Waals surface area contributed by atoms with Crippen molar-refractivity contribution in [3.05, 3.63) is 28.7 Å². The lowest BCUT2D eigenvalue weighted by molar-refractivity contribution is 0.00578. The SMILES string of the molecule is Cn1c(B2OC(C)(C)C(C)(C)O2)cc2c(Br)cccc21. The van der Waals surface area contributed by atoms with Crippen LogP contribution in [-0.2, 0) is 16.4 Å². The second kappa shape index (κ2) is 4.36. The maximum absolute atomic E-state index is 6.14. The Bertz CT molecular complexity index is 662. The number of benzene rings is 1. The summed E-state index contributed by atoms with van der Waals surface area (Å²) in [7, 11) is 1.72. The van der Waals surface area contributed by atoms with Crippen LogP contribution in [0.1, 0.15) is 27.7 Å². The zero-order chi connectivity index (χ0) is 14.7. The molecule has 2 aromatic rings. The number of fused-ring (bicyclic) bond motifs is 1. The van der Waals surface area contributed by atoms with Crippen LogP contribution in [0.2, 0.25) is 0 Å². The quantitative estimate of drug-likeness (QED) is 0.747. The van der Waals surface area contributed by atoms with Crippen molar-refractivity contribution in [2.24, 2.45) is 7.05 Å². The fourth-order valence-electron chi connectivity index (χ4n) is 2.53. The minimum Gasteiger partial charge on any atom is -0.398 e. The minimum absolute atomic E-state index is 0.314. The monoisotopic (exact) mass is 335 g/mol. The third kappa shape index (κ3) is 1.95. The molecule has 1 aliphatic heterocycles. The maximum atomic E-state index is 6.14. The van der Waals surface area contributed by atoms with E-state index in [9.17, 15) is 0 Å². The lowest BCUT2D eigenvalue weighted by Crippen LogP contribution is -2.41. The molecule has 1 aliphatic rings. The fourth-order valence-corrected chi connectivity index (χ4v) is 3.00. The second-order valence-corrected chi connectivity index (χ2v) is 7.24. The molecular formula is C15H19BBrNO2. The molecule has 0 unspecified atom stereocenters. The molecule has 0 spiro atoms. The molecule has 1 fully saturated rings. The van der Waals surface area contributed by atoms with Gasteiger partial charge in [0.15, 0.2) is 0 Å². The highest BCUT2D eigenvalue weighted by Crippen LogP contribution is 2.37. The van der Waals surface area contributed by atoms with E-state index < -0.39 is 0 Å². The second-order valence-electron chi connectivity index (χ2n) is 6.39. The molecule has 0 radical (unpaired) electrons. The number of nitrogens with zero attached hydrogens (tertiary/aromatic N) is 1. The largest absolute Gasteiger partial charge is 0.512 e. The first-order chi connectivity index (χ1) is 9.23. The van der Waals surface area contributed by atoms with E-state index in [0.717, 1.165) is 10.1 Å². The van der Waals surface area contributed by atoms with E-state index in [1.807, 2.05) is 6.07 Å². The van der Waals surface area contributed by atoms with Crippen molar-refractivity contribution in [1.82, 2.24) is 4.57 Å². The van der Waals surface area contributed by atoms with Crippen LogP contribution in [0.5, 0.6) is 0 Å². The summed E-state index contributed by atoms with van der Waals surface area (Å²) >= 11 is 3.60. The summed E-state index contributed by atoms with van der Waals surface area (Å²) in [6.07, 6.45) is 0. The van der Waals surface area contributed by atoms with E-state index in [4.69, 9.17) is 9.31 Å². The number of halogens is 1. The van der Waals surface area contributed by atoms with Gasteiger partial charge < -0.3 is 13.9 Å². The summed E-state index contributed by atoms with van der Waals surface area (Å²) in [6.45, 7) is 8.30. The Morgan fingerprint density at radius 1 is 1.10 bits per heavy atom. The van der Waals surface area contributed by atoms with Crippen molar-refractivity contribution in [2.75, 3.05) is 0 Å². The van der Waals surface area contributed by atoms with Crippen molar-refractivity contribution in [3.8, 4) is 0 Å².